The molecule has 0 aliphatic rings. The number of carbonyl (C=O) groups excluding carboxylic acids is 1. The first-order valence-corrected chi connectivity index (χ1v) is 7.15. The number of halogens is 1. The fourth-order valence-electron chi connectivity index (χ4n) is 1.70. The maximum absolute atomic E-state index is 12.2. The highest BCUT2D eigenvalue weighted by atomic mass is 35.5. The molecule has 0 saturated heterocycles. The quantitative estimate of drug-likeness (QED) is 0.786. The number of amides is 1. The van der Waals surface area contributed by atoms with Gasteiger partial charge in [-0.3, -0.25) is 9.59 Å². The van der Waals surface area contributed by atoms with Crippen LogP contribution in [0.15, 0.2) is 35.4 Å². The smallest absolute Gasteiger partial charge is 0.292 e. The number of benzene rings is 1. The Hall–Kier alpha value is -2.25. The van der Waals surface area contributed by atoms with E-state index in [1.54, 1.807) is 12.1 Å². The number of fused-ring (bicyclic) bond motifs is 1. The van der Waals surface area contributed by atoms with Crippen LogP contribution in [0.4, 0.5) is 5.69 Å². The van der Waals surface area contributed by atoms with E-state index in [0.29, 0.717) is 20.5 Å². The molecule has 0 unspecified atom stereocenters. The molecule has 0 radical (unpaired) electrons. The second-order valence-corrected chi connectivity index (χ2v) is 5.75. The predicted octanol–water partition coefficient (Wildman–Crippen LogP) is 2.37. The van der Waals surface area contributed by atoms with E-state index in [9.17, 15) is 9.59 Å². The average molecular weight is 321 g/mol. The van der Waals surface area contributed by atoms with E-state index in [4.69, 9.17) is 11.6 Å². The Balaban J connectivity index is 1.89. The third kappa shape index (κ3) is 2.79. The summed E-state index contributed by atoms with van der Waals surface area (Å²) < 4.78 is 1.39. The molecule has 0 aliphatic carbocycles. The molecule has 3 aromatic rings. The van der Waals surface area contributed by atoms with Gasteiger partial charge < -0.3 is 5.32 Å². The van der Waals surface area contributed by atoms with Crippen molar-refractivity contribution >= 4 is 39.5 Å². The van der Waals surface area contributed by atoms with Gasteiger partial charge in [-0.25, -0.2) is 4.52 Å². The Morgan fingerprint density at radius 2 is 2.24 bits per heavy atom. The van der Waals surface area contributed by atoms with E-state index >= 15 is 0 Å². The predicted molar refractivity (Wildman–Crippen MR) is 81.3 cm³/mol. The van der Waals surface area contributed by atoms with Crippen LogP contribution in [0.5, 0.6) is 0 Å². The van der Waals surface area contributed by atoms with Gasteiger partial charge in [-0.05, 0) is 24.6 Å². The molecular weight excluding hydrogens is 312 g/mol. The summed E-state index contributed by atoms with van der Waals surface area (Å²) in [5.74, 6) is -0.306. The van der Waals surface area contributed by atoms with Crippen molar-refractivity contribution in [3.8, 4) is 0 Å². The lowest BCUT2D eigenvalue weighted by molar-refractivity contribution is 0.103. The van der Waals surface area contributed by atoms with Gasteiger partial charge in [0.1, 0.15) is 11.1 Å². The number of anilines is 1. The summed E-state index contributed by atoms with van der Waals surface area (Å²) in [5, 5.41) is 7.19. The zero-order valence-electron chi connectivity index (χ0n) is 10.8. The first-order valence-electron chi connectivity index (χ1n) is 5.96. The molecule has 2 heterocycles. The van der Waals surface area contributed by atoms with Crippen molar-refractivity contribution in [1.82, 2.24) is 14.6 Å². The molecule has 8 heteroatoms. The van der Waals surface area contributed by atoms with Crippen molar-refractivity contribution in [2.45, 2.75) is 6.92 Å². The Kier molecular flexibility index (Phi) is 3.44. The zero-order chi connectivity index (χ0) is 15.0. The van der Waals surface area contributed by atoms with Crippen LogP contribution in [-0.2, 0) is 0 Å². The number of hydrogen-bond donors (Lipinski definition) is 1. The second-order valence-electron chi connectivity index (χ2n) is 4.34. The molecule has 0 aliphatic heterocycles. The number of aromatic nitrogens is 3. The number of nitrogens with zero attached hydrogens (tertiary/aromatic N) is 3. The zero-order valence-corrected chi connectivity index (χ0v) is 12.4. The van der Waals surface area contributed by atoms with Gasteiger partial charge in [0.25, 0.3) is 11.5 Å². The SMILES string of the molecule is Cc1ccc(NC(=O)c2cn3ncc(=O)nc3s2)cc1Cl. The highest BCUT2D eigenvalue weighted by Crippen LogP contribution is 2.21. The maximum atomic E-state index is 12.2. The molecule has 0 fully saturated rings. The normalized spacial score (nSPS) is 10.8. The third-order valence-electron chi connectivity index (χ3n) is 2.79. The lowest BCUT2D eigenvalue weighted by atomic mass is 10.2. The van der Waals surface area contributed by atoms with Crippen LogP contribution in [-0.4, -0.2) is 20.5 Å². The van der Waals surface area contributed by atoms with E-state index in [1.807, 2.05) is 13.0 Å². The van der Waals surface area contributed by atoms with Crippen molar-refractivity contribution in [3.63, 3.8) is 0 Å². The largest absolute Gasteiger partial charge is 0.321 e. The van der Waals surface area contributed by atoms with Crippen LogP contribution in [0.1, 0.15) is 15.2 Å². The number of hydrogen-bond acceptors (Lipinski definition) is 5. The topological polar surface area (TPSA) is 76.4 Å². The molecule has 1 N–H and O–H groups in total. The molecule has 0 bridgehead atoms. The van der Waals surface area contributed by atoms with E-state index in [0.717, 1.165) is 23.1 Å². The lowest BCUT2D eigenvalue weighted by Crippen LogP contribution is -2.10. The van der Waals surface area contributed by atoms with Gasteiger partial charge in [0.05, 0.1) is 6.20 Å². The average Bonchev–Trinajstić information content (AvgIpc) is 2.86. The molecule has 21 heavy (non-hydrogen) atoms. The highest BCUT2D eigenvalue weighted by molar-refractivity contribution is 7.18. The van der Waals surface area contributed by atoms with Gasteiger partial charge in [0.15, 0.2) is 0 Å². The fourth-order valence-corrected chi connectivity index (χ4v) is 2.70. The first kappa shape index (κ1) is 13.7. The fraction of sp³-hybridized carbons (Fsp3) is 0.0769. The molecule has 3 rings (SSSR count). The number of nitrogens with one attached hydrogen (secondary N) is 1. The van der Waals surface area contributed by atoms with E-state index < -0.39 is 5.56 Å². The molecule has 6 nitrogen and oxygen atoms in total. The van der Waals surface area contributed by atoms with Crippen molar-refractivity contribution in [1.29, 1.82) is 0 Å². The number of rotatable bonds is 2. The minimum atomic E-state index is -0.436. The molecule has 0 atom stereocenters. The number of thiazole rings is 1. The molecule has 1 aromatic carbocycles. The summed E-state index contributed by atoms with van der Waals surface area (Å²) in [5.41, 5.74) is 1.10. The van der Waals surface area contributed by atoms with Crippen molar-refractivity contribution < 1.29 is 4.79 Å². The van der Waals surface area contributed by atoms with Gasteiger partial charge in [0.2, 0.25) is 4.96 Å². The standard InChI is InChI=1S/C13H9ClN4O2S/c1-7-2-3-8(4-9(7)14)16-12(20)10-6-18-13(21-10)17-11(19)5-15-18/h2-6H,1H3,(H,16,20). The Morgan fingerprint density at radius 3 is 3.00 bits per heavy atom. The van der Waals surface area contributed by atoms with E-state index in [2.05, 4.69) is 15.4 Å². The summed E-state index contributed by atoms with van der Waals surface area (Å²) in [6, 6.07) is 5.28. The molecule has 0 saturated carbocycles. The maximum Gasteiger partial charge on any atom is 0.292 e. The Labute approximate surface area is 128 Å². The third-order valence-corrected chi connectivity index (χ3v) is 4.17. The number of carbonyl (C=O) groups is 1. The van der Waals surface area contributed by atoms with Gasteiger partial charge in [-0.2, -0.15) is 10.1 Å². The minimum absolute atomic E-state index is 0.306. The number of aryl methyl sites for hydroxylation is 1. The van der Waals surface area contributed by atoms with E-state index in [1.165, 1.54) is 10.7 Å². The molecular formula is C13H9ClN4O2S. The molecule has 1 amide bonds. The van der Waals surface area contributed by atoms with Crippen LogP contribution >= 0.6 is 22.9 Å². The van der Waals surface area contributed by atoms with Crippen molar-refractivity contribution in [2.75, 3.05) is 5.32 Å². The molecule has 106 valence electrons. The van der Waals surface area contributed by atoms with Gasteiger partial charge in [-0.15, -0.1) is 0 Å². The van der Waals surface area contributed by atoms with Gasteiger partial charge >= 0.3 is 0 Å². The monoisotopic (exact) mass is 320 g/mol. The van der Waals surface area contributed by atoms with Crippen molar-refractivity contribution in [3.05, 3.63) is 56.4 Å². The van der Waals surface area contributed by atoms with Crippen LogP contribution in [0.2, 0.25) is 5.02 Å². The summed E-state index contributed by atoms with van der Waals surface area (Å²) in [4.78, 5) is 27.8. The van der Waals surface area contributed by atoms with Gasteiger partial charge in [0, 0.05) is 10.7 Å². The van der Waals surface area contributed by atoms with Crippen LogP contribution < -0.4 is 10.9 Å². The Morgan fingerprint density at radius 1 is 1.43 bits per heavy atom. The van der Waals surface area contributed by atoms with Crippen LogP contribution in [0.3, 0.4) is 0 Å². The van der Waals surface area contributed by atoms with Crippen LogP contribution in [0.25, 0.3) is 4.96 Å². The molecule has 2 aromatic heterocycles. The highest BCUT2D eigenvalue weighted by Gasteiger charge is 2.12. The second kappa shape index (κ2) is 5.27. The summed E-state index contributed by atoms with van der Waals surface area (Å²) in [7, 11) is 0. The lowest BCUT2D eigenvalue weighted by Gasteiger charge is -2.05. The summed E-state index contributed by atoms with van der Waals surface area (Å²) in [6.07, 6.45) is 2.62. The minimum Gasteiger partial charge on any atom is -0.321 e. The van der Waals surface area contributed by atoms with E-state index in [-0.39, 0.29) is 5.91 Å². The Bertz CT molecular complexity index is 903. The van der Waals surface area contributed by atoms with Crippen LogP contribution in [0, 0.1) is 6.92 Å². The summed E-state index contributed by atoms with van der Waals surface area (Å²) >= 11 is 7.11. The first-order chi connectivity index (χ1) is 10.0. The van der Waals surface area contributed by atoms with Crippen molar-refractivity contribution in [2.24, 2.45) is 0 Å². The summed E-state index contributed by atoms with van der Waals surface area (Å²) in [6.45, 7) is 1.88. The van der Waals surface area contributed by atoms with Gasteiger partial charge in [-0.1, -0.05) is 29.0 Å². The molecule has 0 spiro atoms.